The Kier molecular flexibility index (Phi) is 6.53. The molecule has 0 bridgehead atoms. The zero-order valence-corrected chi connectivity index (χ0v) is 11.9. The number of likely N-dealkylation sites (N-methyl/N-ethyl adjacent to an activating group) is 1. The van der Waals surface area contributed by atoms with E-state index >= 15 is 0 Å². The van der Waals surface area contributed by atoms with E-state index in [1.54, 1.807) is 6.92 Å². The van der Waals surface area contributed by atoms with Gasteiger partial charge >= 0.3 is 5.97 Å². The van der Waals surface area contributed by atoms with E-state index in [1.165, 1.54) is 11.1 Å². The van der Waals surface area contributed by atoms with Crippen LogP contribution in [0.4, 0.5) is 0 Å². The number of aliphatic hydroxyl groups is 1. The van der Waals surface area contributed by atoms with Gasteiger partial charge in [0.05, 0.1) is 19.1 Å². The van der Waals surface area contributed by atoms with Crippen molar-refractivity contribution < 1.29 is 14.6 Å². The second-order valence-corrected chi connectivity index (χ2v) is 4.85. The monoisotopic (exact) mass is 265 g/mol. The summed E-state index contributed by atoms with van der Waals surface area (Å²) in [6, 6.07) is 8.25. The van der Waals surface area contributed by atoms with Crippen molar-refractivity contribution in [2.45, 2.75) is 32.9 Å². The molecule has 4 heteroatoms. The van der Waals surface area contributed by atoms with E-state index in [9.17, 15) is 9.90 Å². The lowest BCUT2D eigenvalue weighted by molar-refractivity contribution is -0.145. The molecule has 0 saturated heterocycles. The number of hydrogen-bond donors (Lipinski definition) is 1. The standard InChI is InChI=1S/C15H23NO3/c1-4-19-15(18)9-14(17)11-16(3)10-13-7-5-6-12(2)8-13/h5-8,14,17H,4,9-11H2,1-3H3. The number of carbonyl (C=O) groups is 1. The molecular weight excluding hydrogens is 242 g/mol. The van der Waals surface area contributed by atoms with E-state index in [0.717, 1.165) is 6.54 Å². The van der Waals surface area contributed by atoms with Crippen molar-refractivity contribution in [1.29, 1.82) is 0 Å². The third-order valence-electron chi connectivity index (χ3n) is 2.77. The molecule has 0 spiro atoms. The maximum Gasteiger partial charge on any atom is 0.308 e. The van der Waals surface area contributed by atoms with Crippen molar-refractivity contribution in [3.63, 3.8) is 0 Å². The Morgan fingerprint density at radius 3 is 2.84 bits per heavy atom. The minimum atomic E-state index is -0.686. The smallest absolute Gasteiger partial charge is 0.308 e. The molecule has 1 unspecified atom stereocenters. The molecule has 0 heterocycles. The summed E-state index contributed by atoms with van der Waals surface area (Å²) in [5.74, 6) is -0.348. The van der Waals surface area contributed by atoms with Gasteiger partial charge in [0.2, 0.25) is 0 Å². The number of rotatable bonds is 7. The summed E-state index contributed by atoms with van der Waals surface area (Å²) in [6.07, 6.45) is -0.639. The van der Waals surface area contributed by atoms with E-state index < -0.39 is 6.10 Å². The van der Waals surface area contributed by atoms with Gasteiger partial charge in [-0.1, -0.05) is 29.8 Å². The molecule has 0 aliphatic carbocycles. The highest BCUT2D eigenvalue weighted by Gasteiger charge is 2.14. The average molecular weight is 265 g/mol. The van der Waals surface area contributed by atoms with Gasteiger partial charge in [0, 0.05) is 13.1 Å². The van der Waals surface area contributed by atoms with Gasteiger partial charge in [-0.15, -0.1) is 0 Å². The van der Waals surface area contributed by atoms with E-state index in [2.05, 4.69) is 25.1 Å². The molecule has 0 aliphatic rings. The fourth-order valence-electron chi connectivity index (χ4n) is 2.02. The second kappa shape index (κ2) is 7.92. The summed E-state index contributed by atoms with van der Waals surface area (Å²) in [4.78, 5) is 13.2. The maximum atomic E-state index is 11.2. The van der Waals surface area contributed by atoms with Gasteiger partial charge in [-0.05, 0) is 26.5 Å². The topological polar surface area (TPSA) is 49.8 Å². The van der Waals surface area contributed by atoms with Crippen molar-refractivity contribution in [2.24, 2.45) is 0 Å². The largest absolute Gasteiger partial charge is 0.466 e. The van der Waals surface area contributed by atoms with Crippen LogP contribution in [0.3, 0.4) is 0 Å². The fourth-order valence-corrected chi connectivity index (χ4v) is 2.02. The predicted octanol–water partition coefficient (Wildman–Crippen LogP) is 1.74. The number of benzene rings is 1. The Morgan fingerprint density at radius 1 is 1.47 bits per heavy atom. The molecule has 4 nitrogen and oxygen atoms in total. The third kappa shape index (κ3) is 6.36. The van der Waals surface area contributed by atoms with Gasteiger partial charge in [-0.25, -0.2) is 0 Å². The molecule has 1 N–H and O–H groups in total. The van der Waals surface area contributed by atoms with Gasteiger partial charge in [0.25, 0.3) is 0 Å². The van der Waals surface area contributed by atoms with Crippen LogP contribution in [0.2, 0.25) is 0 Å². The first kappa shape index (κ1) is 15.7. The van der Waals surface area contributed by atoms with Crippen molar-refractivity contribution in [2.75, 3.05) is 20.2 Å². The van der Waals surface area contributed by atoms with E-state index in [0.29, 0.717) is 13.2 Å². The van der Waals surface area contributed by atoms with Crippen LogP contribution in [-0.2, 0) is 16.1 Å². The molecule has 1 rings (SSSR count). The normalized spacial score (nSPS) is 12.5. The molecule has 1 atom stereocenters. The molecule has 1 aromatic carbocycles. The second-order valence-electron chi connectivity index (χ2n) is 4.85. The zero-order valence-electron chi connectivity index (χ0n) is 11.9. The van der Waals surface area contributed by atoms with Gasteiger partial charge in [-0.3, -0.25) is 9.69 Å². The van der Waals surface area contributed by atoms with Gasteiger partial charge < -0.3 is 9.84 Å². The predicted molar refractivity (Wildman–Crippen MR) is 74.8 cm³/mol. The Balaban J connectivity index is 2.38. The van der Waals surface area contributed by atoms with Crippen molar-refractivity contribution in [1.82, 2.24) is 4.90 Å². The Labute approximate surface area is 115 Å². The molecule has 0 saturated carbocycles. The lowest BCUT2D eigenvalue weighted by Crippen LogP contribution is -2.30. The van der Waals surface area contributed by atoms with Crippen LogP contribution in [0, 0.1) is 6.92 Å². The summed E-state index contributed by atoms with van der Waals surface area (Å²) in [5, 5.41) is 9.81. The Bertz CT molecular complexity index is 406. The number of aliphatic hydroxyl groups excluding tert-OH is 1. The quantitative estimate of drug-likeness (QED) is 0.763. The SMILES string of the molecule is CCOC(=O)CC(O)CN(C)Cc1cccc(C)c1. The number of aryl methyl sites for hydroxylation is 1. The number of hydrogen-bond acceptors (Lipinski definition) is 4. The fraction of sp³-hybridized carbons (Fsp3) is 0.533. The van der Waals surface area contributed by atoms with Crippen molar-refractivity contribution >= 4 is 5.97 Å². The van der Waals surface area contributed by atoms with Crippen LogP contribution in [0.1, 0.15) is 24.5 Å². The highest BCUT2D eigenvalue weighted by Crippen LogP contribution is 2.07. The summed E-state index contributed by atoms with van der Waals surface area (Å²) in [7, 11) is 1.93. The highest BCUT2D eigenvalue weighted by molar-refractivity contribution is 5.69. The van der Waals surface area contributed by atoms with E-state index in [-0.39, 0.29) is 12.4 Å². The van der Waals surface area contributed by atoms with Crippen LogP contribution in [-0.4, -0.2) is 42.3 Å². The van der Waals surface area contributed by atoms with Crippen LogP contribution in [0.25, 0.3) is 0 Å². The van der Waals surface area contributed by atoms with E-state index in [4.69, 9.17) is 4.74 Å². The first-order valence-electron chi connectivity index (χ1n) is 6.59. The molecule has 0 radical (unpaired) electrons. The Morgan fingerprint density at radius 2 is 2.21 bits per heavy atom. The number of nitrogens with zero attached hydrogens (tertiary/aromatic N) is 1. The average Bonchev–Trinajstić information content (AvgIpc) is 2.28. The molecule has 1 aromatic rings. The van der Waals surface area contributed by atoms with Gasteiger partial charge in [0.1, 0.15) is 0 Å². The zero-order chi connectivity index (χ0) is 14.3. The summed E-state index contributed by atoms with van der Waals surface area (Å²) in [5.41, 5.74) is 2.42. The first-order valence-corrected chi connectivity index (χ1v) is 6.59. The lowest BCUT2D eigenvalue weighted by Gasteiger charge is -2.20. The molecule has 19 heavy (non-hydrogen) atoms. The summed E-state index contributed by atoms with van der Waals surface area (Å²) >= 11 is 0. The van der Waals surface area contributed by atoms with E-state index in [1.807, 2.05) is 18.0 Å². The van der Waals surface area contributed by atoms with Gasteiger partial charge in [0.15, 0.2) is 0 Å². The highest BCUT2D eigenvalue weighted by atomic mass is 16.5. The number of carbonyl (C=O) groups excluding carboxylic acids is 1. The third-order valence-corrected chi connectivity index (χ3v) is 2.77. The summed E-state index contributed by atoms with van der Waals surface area (Å²) in [6.45, 7) is 5.37. The molecule has 106 valence electrons. The first-order chi connectivity index (χ1) is 9.01. The molecule has 0 amide bonds. The minimum absolute atomic E-state index is 0.0476. The molecule has 0 aromatic heterocycles. The van der Waals surface area contributed by atoms with Crippen molar-refractivity contribution in [3.8, 4) is 0 Å². The van der Waals surface area contributed by atoms with Crippen LogP contribution < -0.4 is 0 Å². The van der Waals surface area contributed by atoms with Crippen molar-refractivity contribution in [3.05, 3.63) is 35.4 Å². The lowest BCUT2D eigenvalue weighted by atomic mass is 10.1. The summed E-state index contributed by atoms with van der Waals surface area (Å²) < 4.78 is 4.81. The van der Waals surface area contributed by atoms with Crippen LogP contribution in [0.15, 0.2) is 24.3 Å². The van der Waals surface area contributed by atoms with Crippen LogP contribution >= 0.6 is 0 Å². The number of ether oxygens (including phenoxy) is 1. The Hall–Kier alpha value is -1.39. The number of esters is 1. The molecular formula is C15H23NO3. The molecule has 0 aliphatic heterocycles. The van der Waals surface area contributed by atoms with Crippen LogP contribution in [0.5, 0.6) is 0 Å². The minimum Gasteiger partial charge on any atom is -0.466 e. The maximum absolute atomic E-state index is 11.2. The molecule has 0 fully saturated rings. The van der Waals surface area contributed by atoms with Gasteiger partial charge in [-0.2, -0.15) is 0 Å².